The number of hydrogen-bond acceptors (Lipinski definition) is 2. The maximum atomic E-state index is 5.64. The normalized spacial score (nSPS) is 9.73. The van der Waals surface area contributed by atoms with Crippen LogP contribution in [0, 0.1) is 6.92 Å². The van der Waals surface area contributed by atoms with E-state index in [2.05, 4.69) is 38.6 Å². The summed E-state index contributed by atoms with van der Waals surface area (Å²) in [4.78, 5) is 0. The van der Waals surface area contributed by atoms with Gasteiger partial charge in [-0.1, -0.05) is 25.6 Å². The van der Waals surface area contributed by atoms with E-state index in [-0.39, 0.29) is 0 Å². The Balaban J connectivity index is 2.57. The third-order valence-electron chi connectivity index (χ3n) is 2.18. The minimum Gasteiger partial charge on any atom is -0.498 e. The first kappa shape index (κ1) is 11.6. The van der Waals surface area contributed by atoms with Crippen LogP contribution in [0.1, 0.15) is 18.1 Å². The van der Waals surface area contributed by atoms with Gasteiger partial charge in [-0.2, -0.15) is 0 Å². The van der Waals surface area contributed by atoms with Crippen molar-refractivity contribution in [3.8, 4) is 5.75 Å². The lowest BCUT2D eigenvalue weighted by molar-refractivity contribution is 0.179. The van der Waals surface area contributed by atoms with Crippen LogP contribution in [0.15, 0.2) is 31.0 Å². The van der Waals surface area contributed by atoms with Gasteiger partial charge in [0, 0.05) is 0 Å². The zero-order valence-corrected chi connectivity index (χ0v) is 9.45. The first-order chi connectivity index (χ1) is 7.27. The summed E-state index contributed by atoms with van der Waals surface area (Å²) in [6, 6.07) is 6.28. The van der Waals surface area contributed by atoms with Gasteiger partial charge in [-0.05, 0) is 30.5 Å². The molecular weight excluding hydrogens is 188 g/mol. The second kappa shape index (κ2) is 6.12. The fourth-order valence-corrected chi connectivity index (χ4v) is 1.37. The van der Waals surface area contributed by atoms with Gasteiger partial charge in [0.25, 0.3) is 0 Å². The highest BCUT2D eigenvalue weighted by atomic mass is 16.5. The van der Waals surface area contributed by atoms with Crippen LogP contribution in [0.4, 0.5) is 0 Å². The number of ether oxygens (including phenoxy) is 2. The molecule has 2 heteroatoms. The molecular formula is C13H18O2. The molecule has 15 heavy (non-hydrogen) atoms. The van der Waals surface area contributed by atoms with E-state index in [1.165, 1.54) is 17.4 Å². The van der Waals surface area contributed by atoms with E-state index in [1.54, 1.807) is 0 Å². The van der Waals surface area contributed by atoms with Crippen LogP contribution in [0.5, 0.6) is 5.75 Å². The zero-order valence-electron chi connectivity index (χ0n) is 9.45. The van der Waals surface area contributed by atoms with Crippen molar-refractivity contribution in [2.24, 2.45) is 0 Å². The standard InChI is InChI=1S/C13H18O2/c1-4-12-7-6-11(3)10-13(12)15-9-8-14-5-2/h5-7,10H,2,4,8-9H2,1,3H3. The van der Waals surface area contributed by atoms with Gasteiger partial charge >= 0.3 is 0 Å². The Kier molecular flexibility index (Phi) is 4.75. The van der Waals surface area contributed by atoms with Crippen LogP contribution in [0.25, 0.3) is 0 Å². The summed E-state index contributed by atoms with van der Waals surface area (Å²) in [5, 5.41) is 0. The lowest BCUT2D eigenvalue weighted by Gasteiger charge is -2.10. The molecule has 0 atom stereocenters. The van der Waals surface area contributed by atoms with Gasteiger partial charge in [-0.3, -0.25) is 0 Å². The lowest BCUT2D eigenvalue weighted by atomic mass is 10.1. The highest BCUT2D eigenvalue weighted by molar-refractivity contribution is 5.37. The molecule has 0 unspecified atom stereocenters. The predicted molar refractivity (Wildman–Crippen MR) is 62.2 cm³/mol. The summed E-state index contributed by atoms with van der Waals surface area (Å²) in [5.41, 5.74) is 2.45. The van der Waals surface area contributed by atoms with Crippen LogP contribution >= 0.6 is 0 Å². The van der Waals surface area contributed by atoms with Crippen molar-refractivity contribution in [1.82, 2.24) is 0 Å². The summed E-state index contributed by atoms with van der Waals surface area (Å²) in [6.07, 6.45) is 2.41. The summed E-state index contributed by atoms with van der Waals surface area (Å²) < 4.78 is 10.6. The van der Waals surface area contributed by atoms with Crippen molar-refractivity contribution in [3.05, 3.63) is 42.2 Å². The van der Waals surface area contributed by atoms with E-state index in [0.717, 1.165) is 12.2 Å². The summed E-state index contributed by atoms with van der Waals surface area (Å²) in [5.74, 6) is 0.963. The molecule has 0 amide bonds. The van der Waals surface area contributed by atoms with Crippen LogP contribution in [-0.2, 0) is 11.2 Å². The number of aryl methyl sites for hydroxylation is 2. The molecule has 0 fully saturated rings. The maximum absolute atomic E-state index is 5.64. The lowest BCUT2D eigenvalue weighted by Crippen LogP contribution is -2.05. The molecule has 0 aliphatic carbocycles. The van der Waals surface area contributed by atoms with Crippen molar-refractivity contribution in [2.45, 2.75) is 20.3 Å². The smallest absolute Gasteiger partial charge is 0.122 e. The Labute approximate surface area is 91.5 Å². The molecule has 0 N–H and O–H groups in total. The molecule has 1 rings (SSSR count). The SMILES string of the molecule is C=COCCOc1cc(C)ccc1CC. The minimum absolute atomic E-state index is 0.542. The number of hydrogen-bond donors (Lipinski definition) is 0. The molecule has 1 aromatic rings. The molecule has 0 aromatic heterocycles. The largest absolute Gasteiger partial charge is 0.498 e. The fourth-order valence-electron chi connectivity index (χ4n) is 1.37. The Morgan fingerprint density at radius 3 is 2.80 bits per heavy atom. The summed E-state index contributed by atoms with van der Waals surface area (Å²) in [7, 11) is 0. The van der Waals surface area contributed by atoms with Gasteiger partial charge in [0.1, 0.15) is 19.0 Å². The number of benzene rings is 1. The van der Waals surface area contributed by atoms with E-state index < -0.39 is 0 Å². The van der Waals surface area contributed by atoms with E-state index in [9.17, 15) is 0 Å². The van der Waals surface area contributed by atoms with Crippen molar-refractivity contribution in [3.63, 3.8) is 0 Å². The van der Waals surface area contributed by atoms with E-state index in [1.807, 2.05) is 0 Å². The van der Waals surface area contributed by atoms with Crippen LogP contribution in [0.3, 0.4) is 0 Å². The third kappa shape index (κ3) is 3.66. The number of rotatable bonds is 6. The Morgan fingerprint density at radius 1 is 1.33 bits per heavy atom. The molecule has 82 valence electrons. The monoisotopic (exact) mass is 206 g/mol. The van der Waals surface area contributed by atoms with Gasteiger partial charge in [-0.15, -0.1) is 0 Å². The molecule has 0 spiro atoms. The Bertz CT molecular complexity index is 318. The van der Waals surface area contributed by atoms with E-state index in [0.29, 0.717) is 13.2 Å². The third-order valence-corrected chi connectivity index (χ3v) is 2.18. The van der Waals surface area contributed by atoms with Crippen molar-refractivity contribution in [2.75, 3.05) is 13.2 Å². The Hall–Kier alpha value is -1.44. The molecule has 0 saturated carbocycles. The maximum Gasteiger partial charge on any atom is 0.122 e. The van der Waals surface area contributed by atoms with Crippen molar-refractivity contribution in [1.29, 1.82) is 0 Å². The molecule has 0 aliphatic heterocycles. The first-order valence-electron chi connectivity index (χ1n) is 5.22. The van der Waals surface area contributed by atoms with Gasteiger partial charge in [-0.25, -0.2) is 0 Å². The van der Waals surface area contributed by atoms with Gasteiger partial charge in [0.15, 0.2) is 0 Å². The predicted octanol–water partition coefficient (Wildman–Crippen LogP) is 3.10. The molecule has 0 saturated heterocycles. The van der Waals surface area contributed by atoms with Crippen molar-refractivity contribution < 1.29 is 9.47 Å². The van der Waals surface area contributed by atoms with Crippen LogP contribution < -0.4 is 4.74 Å². The van der Waals surface area contributed by atoms with Gasteiger partial charge < -0.3 is 9.47 Å². The average Bonchev–Trinajstić information content (AvgIpc) is 2.25. The second-order valence-electron chi connectivity index (χ2n) is 3.35. The molecule has 0 heterocycles. The Morgan fingerprint density at radius 2 is 2.13 bits per heavy atom. The second-order valence-corrected chi connectivity index (χ2v) is 3.35. The summed E-state index contributed by atoms with van der Waals surface area (Å²) in [6.45, 7) is 8.76. The summed E-state index contributed by atoms with van der Waals surface area (Å²) >= 11 is 0. The minimum atomic E-state index is 0.542. The van der Waals surface area contributed by atoms with Crippen LogP contribution in [0.2, 0.25) is 0 Å². The van der Waals surface area contributed by atoms with Gasteiger partial charge in [0.2, 0.25) is 0 Å². The molecule has 2 nitrogen and oxygen atoms in total. The zero-order chi connectivity index (χ0) is 11.1. The fraction of sp³-hybridized carbons (Fsp3) is 0.385. The van der Waals surface area contributed by atoms with E-state index in [4.69, 9.17) is 9.47 Å². The molecule has 0 radical (unpaired) electrons. The molecule has 0 bridgehead atoms. The average molecular weight is 206 g/mol. The highest BCUT2D eigenvalue weighted by Crippen LogP contribution is 2.20. The first-order valence-corrected chi connectivity index (χ1v) is 5.22. The van der Waals surface area contributed by atoms with Crippen LogP contribution in [-0.4, -0.2) is 13.2 Å². The molecule has 1 aromatic carbocycles. The quantitative estimate of drug-likeness (QED) is 0.526. The topological polar surface area (TPSA) is 18.5 Å². The van der Waals surface area contributed by atoms with E-state index >= 15 is 0 Å². The molecule has 0 aliphatic rings. The van der Waals surface area contributed by atoms with Gasteiger partial charge in [0.05, 0.1) is 6.26 Å². The van der Waals surface area contributed by atoms with Crippen molar-refractivity contribution >= 4 is 0 Å². The highest BCUT2D eigenvalue weighted by Gasteiger charge is 2.01.